The van der Waals surface area contributed by atoms with Crippen LogP contribution in [0.4, 0.5) is 0 Å². The van der Waals surface area contributed by atoms with E-state index in [1.165, 1.54) is 17.3 Å². The van der Waals surface area contributed by atoms with E-state index < -0.39 is 12.0 Å². The third-order valence-corrected chi connectivity index (χ3v) is 3.37. The summed E-state index contributed by atoms with van der Waals surface area (Å²) in [7, 11) is 0. The molecule has 104 valence electrons. The standard InChI is InChI=1S/C14H19NO3S/c1-3-18-14(17)11(2)15-13(16)10-19-9-12-7-5-4-6-8-12/h4-8,11H,3,9-10H2,1-2H3,(H,15,16). The van der Waals surface area contributed by atoms with Gasteiger partial charge in [-0.2, -0.15) is 0 Å². The molecule has 1 unspecified atom stereocenters. The fourth-order valence-corrected chi connectivity index (χ4v) is 2.24. The minimum absolute atomic E-state index is 0.151. The summed E-state index contributed by atoms with van der Waals surface area (Å²) >= 11 is 1.52. The summed E-state index contributed by atoms with van der Waals surface area (Å²) in [4.78, 5) is 22.9. The second-order valence-electron chi connectivity index (χ2n) is 4.02. The van der Waals surface area contributed by atoms with Crippen molar-refractivity contribution in [3.8, 4) is 0 Å². The number of thioether (sulfide) groups is 1. The van der Waals surface area contributed by atoms with Gasteiger partial charge in [-0.25, -0.2) is 4.79 Å². The summed E-state index contributed by atoms with van der Waals surface area (Å²) in [5, 5.41) is 2.62. The zero-order valence-electron chi connectivity index (χ0n) is 11.2. The smallest absolute Gasteiger partial charge is 0.328 e. The van der Waals surface area contributed by atoms with E-state index in [9.17, 15) is 9.59 Å². The van der Waals surface area contributed by atoms with Crippen molar-refractivity contribution in [2.24, 2.45) is 0 Å². The van der Waals surface area contributed by atoms with Crippen LogP contribution in [0.1, 0.15) is 19.4 Å². The molecular formula is C14H19NO3S. The minimum atomic E-state index is -0.593. The van der Waals surface area contributed by atoms with E-state index in [4.69, 9.17) is 4.74 Å². The Kier molecular flexibility index (Phi) is 7.03. The maximum absolute atomic E-state index is 11.6. The molecule has 19 heavy (non-hydrogen) atoms. The van der Waals surface area contributed by atoms with Gasteiger partial charge in [-0.15, -0.1) is 11.8 Å². The second-order valence-corrected chi connectivity index (χ2v) is 5.01. The number of carbonyl (C=O) groups is 2. The number of carbonyl (C=O) groups excluding carboxylic acids is 2. The van der Waals surface area contributed by atoms with Crippen molar-refractivity contribution in [3.63, 3.8) is 0 Å². The van der Waals surface area contributed by atoms with Crippen molar-refractivity contribution < 1.29 is 14.3 Å². The fourth-order valence-electron chi connectivity index (χ4n) is 1.45. The topological polar surface area (TPSA) is 55.4 Å². The van der Waals surface area contributed by atoms with Crippen molar-refractivity contribution in [1.29, 1.82) is 0 Å². The van der Waals surface area contributed by atoms with Crippen LogP contribution in [0, 0.1) is 0 Å². The number of rotatable bonds is 7. The molecular weight excluding hydrogens is 262 g/mol. The van der Waals surface area contributed by atoms with Gasteiger partial charge in [-0.05, 0) is 19.4 Å². The lowest BCUT2D eigenvalue weighted by molar-refractivity contribution is -0.146. The largest absolute Gasteiger partial charge is 0.464 e. The van der Waals surface area contributed by atoms with Gasteiger partial charge in [0.25, 0.3) is 0 Å². The number of amides is 1. The summed E-state index contributed by atoms with van der Waals surface area (Å²) in [6, 6.07) is 9.35. The van der Waals surface area contributed by atoms with Crippen LogP contribution < -0.4 is 5.32 Å². The SMILES string of the molecule is CCOC(=O)C(C)NC(=O)CSCc1ccccc1. The molecule has 0 fully saturated rings. The molecule has 0 aromatic heterocycles. The van der Waals surface area contributed by atoms with Gasteiger partial charge in [0, 0.05) is 5.75 Å². The Balaban J connectivity index is 2.23. The van der Waals surface area contributed by atoms with Gasteiger partial charge in [0.05, 0.1) is 12.4 Å². The molecule has 0 saturated heterocycles. The molecule has 0 radical (unpaired) electrons. The highest BCUT2D eigenvalue weighted by Gasteiger charge is 2.16. The lowest BCUT2D eigenvalue weighted by Crippen LogP contribution is -2.40. The van der Waals surface area contributed by atoms with Crippen molar-refractivity contribution in [2.45, 2.75) is 25.6 Å². The number of ether oxygens (including phenoxy) is 1. The average molecular weight is 281 g/mol. The Bertz CT molecular complexity index is 408. The Morgan fingerprint density at radius 2 is 2.00 bits per heavy atom. The van der Waals surface area contributed by atoms with Gasteiger partial charge in [0.2, 0.25) is 5.91 Å². The van der Waals surface area contributed by atoms with E-state index in [-0.39, 0.29) is 5.91 Å². The van der Waals surface area contributed by atoms with Gasteiger partial charge in [-0.1, -0.05) is 30.3 Å². The lowest BCUT2D eigenvalue weighted by Gasteiger charge is -2.12. The Hall–Kier alpha value is -1.49. The van der Waals surface area contributed by atoms with Crippen LogP contribution in [-0.2, 0) is 20.1 Å². The minimum Gasteiger partial charge on any atom is -0.464 e. The van der Waals surface area contributed by atoms with Crippen molar-refractivity contribution >= 4 is 23.6 Å². The Morgan fingerprint density at radius 3 is 2.63 bits per heavy atom. The Morgan fingerprint density at radius 1 is 1.32 bits per heavy atom. The molecule has 1 N–H and O–H groups in total. The average Bonchev–Trinajstić information content (AvgIpc) is 2.40. The number of nitrogens with one attached hydrogen (secondary N) is 1. The fraction of sp³-hybridized carbons (Fsp3) is 0.429. The number of hydrogen-bond acceptors (Lipinski definition) is 4. The normalized spacial score (nSPS) is 11.7. The van der Waals surface area contributed by atoms with Crippen molar-refractivity contribution in [2.75, 3.05) is 12.4 Å². The van der Waals surface area contributed by atoms with Crippen LogP contribution in [0.5, 0.6) is 0 Å². The summed E-state index contributed by atoms with van der Waals surface area (Å²) in [5.41, 5.74) is 1.18. The molecule has 1 aromatic rings. The highest BCUT2D eigenvalue weighted by molar-refractivity contribution is 7.99. The van der Waals surface area contributed by atoms with Crippen LogP contribution >= 0.6 is 11.8 Å². The second kappa shape index (κ2) is 8.58. The molecule has 5 heteroatoms. The van der Waals surface area contributed by atoms with Gasteiger partial charge >= 0.3 is 5.97 Å². The van der Waals surface area contributed by atoms with Gasteiger partial charge in [0.15, 0.2) is 0 Å². The van der Waals surface area contributed by atoms with E-state index in [0.717, 1.165) is 5.75 Å². The zero-order valence-corrected chi connectivity index (χ0v) is 12.0. The highest BCUT2D eigenvalue weighted by Crippen LogP contribution is 2.11. The molecule has 4 nitrogen and oxygen atoms in total. The molecule has 0 spiro atoms. The van der Waals surface area contributed by atoms with Gasteiger partial charge < -0.3 is 10.1 Å². The third kappa shape index (κ3) is 6.29. The molecule has 0 aliphatic rings. The molecule has 0 bridgehead atoms. The monoisotopic (exact) mass is 281 g/mol. The van der Waals surface area contributed by atoms with Crippen LogP contribution in [0.3, 0.4) is 0 Å². The predicted octanol–water partition coefficient (Wildman–Crippen LogP) is 1.99. The summed E-state index contributed by atoms with van der Waals surface area (Å²) < 4.78 is 4.82. The first-order chi connectivity index (χ1) is 9.13. The molecule has 1 amide bonds. The van der Waals surface area contributed by atoms with Crippen molar-refractivity contribution in [3.05, 3.63) is 35.9 Å². The lowest BCUT2D eigenvalue weighted by atomic mass is 10.2. The third-order valence-electron chi connectivity index (χ3n) is 2.36. The van der Waals surface area contributed by atoms with E-state index in [1.807, 2.05) is 30.3 Å². The zero-order chi connectivity index (χ0) is 14.1. The van der Waals surface area contributed by atoms with Crippen LogP contribution in [0.2, 0.25) is 0 Å². The summed E-state index contributed by atoms with van der Waals surface area (Å²) in [6.07, 6.45) is 0. The molecule has 0 heterocycles. The quantitative estimate of drug-likeness (QED) is 0.777. The van der Waals surface area contributed by atoms with Gasteiger partial charge in [0.1, 0.15) is 6.04 Å². The van der Waals surface area contributed by atoms with E-state index in [1.54, 1.807) is 13.8 Å². The molecule has 1 aromatic carbocycles. The number of benzene rings is 1. The van der Waals surface area contributed by atoms with Crippen LogP contribution in [0.25, 0.3) is 0 Å². The van der Waals surface area contributed by atoms with E-state index in [2.05, 4.69) is 5.32 Å². The molecule has 0 aliphatic heterocycles. The van der Waals surface area contributed by atoms with Crippen LogP contribution in [0.15, 0.2) is 30.3 Å². The van der Waals surface area contributed by atoms with Gasteiger partial charge in [-0.3, -0.25) is 4.79 Å². The predicted molar refractivity (Wildman–Crippen MR) is 76.8 cm³/mol. The first kappa shape index (κ1) is 15.6. The summed E-state index contributed by atoms with van der Waals surface area (Å²) in [6.45, 7) is 3.68. The maximum atomic E-state index is 11.6. The molecule has 1 rings (SSSR count). The maximum Gasteiger partial charge on any atom is 0.328 e. The highest BCUT2D eigenvalue weighted by atomic mass is 32.2. The number of hydrogen-bond donors (Lipinski definition) is 1. The number of esters is 1. The first-order valence-electron chi connectivity index (χ1n) is 6.21. The van der Waals surface area contributed by atoms with E-state index in [0.29, 0.717) is 12.4 Å². The molecule has 0 saturated carbocycles. The summed E-state index contributed by atoms with van der Waals surface area (Å²) in [5.74, 6) is 0.561. The Labute approximate surface area is 117 Å². The molecule has 0 aliphatic carbocycles. The van der Waals surface area contributed by atoms with E-state index >= 15 is 0 Å². The van der Waals surface area contributed by atoms with Crippen molar-refractivity contribution in [1.82, 2.24) is 5.32 Å². The molecule has 1 atom stereocenters. The first-order valence-corrected chi connectivity index (χ1v) is 7.36. The van der Waals surface area contributed by atoms with Crippen LogP contribution in [-0.4, -0.2) is 30.3 Å².